The van der Waals surface area contributed by atoms with Crippen molar-refractivity contribution < 1.29 is 13.2 Å². The van der Waals surface area contributed by atoms with Crippen LogP contribution in [0, 0.1) is 13.8 Å². The summed E-state index contributed by atoms with van der Waals surface area (Å²) in [5.41, 5.74) is 3.93. The van der Waals surface area contributed by atoms with E-state index in [4.69, 9.17) is 0 Å². The van der Waals surface area contributed by atoms with Gasteiger partial charge in [-0.25, -0.2) is 12.7 Å². The minimum atomic E-state index is -3.42. The average molecular weight is 360 g/mol. The molecule has 0 aromatic heterocycles. The summed E-state index contributed by atoms with van der Waals surface area (Å²) in [6.07, 6.45) is 0.895. The Bertz CT molecular complexity index is 836. The normalized spacial score (nSPS) is 11.6. The maximum atomic E-state index is 12.1. The van der Waals surface area contributed by atoms with Crippen LogP contribution in [0.25, 0.3) is 0 Å². The van der Waals surface area contributed by atoms with Crippen LogP contribution in [0.3, 0.4) is 0 Å². The van der Waals surface area contributed by atoms with Crippen LogP contribution < -0.4 is 5.32 Å². The number of aryl methyl sites for hydroxylation is 3. The van der Waals surface area contributed by atoms with Crippen LogP contribution in [0.15, 0.2) is 47.4 Å². The number of anilines is 1. The fourth-order valence-corrected chi connectivity index (χ4v) is 3.47. The zero-order chi connectivity index (χ0) is 18.6. The lowest BCUT2D eigenvalue weighted by molar-refractivity contribution is -0.116. The molecule has 0 fully saturated rings. The topological polar surface area (TPSA) is 66.5 Å². The molecule has 0 saturated carbocycles. The summed E-state index contributed by atoms with van der Waals surface area (Å²) in [7, 11) is -0.419. The van der Waals surface area contributed by atoms with Gasteiger partial charge in [0.05, 0.1) is 4.90 Å². The number of hydrogen-bond acceptors (Lipinski definition) is 3. The molecule has 0 aliphatic carbocycles. The van der Waals surface area contributed by atoms with Crippen LogP contribution in [0.4, 0.5) is 5.69 Å². The molecule has 25 heavy (non-hydrogen) atoms. The van der Waals surface area contributed by atoms with Gasteiger partial charge in [-0.2, -0.15) is 0 Å². The summed E-state index contributed by atoms with van der Waals surface area (Å²) in [5.74, 6) is -0.0602. The molecule has 0 bridgehead atoms. The number of nitrogens with one attached hydrogen (secondary N) is 1. The van der Waals surface area contributed by atoms with E-state index in [-0.39, 0.29) is 10.8 Å². The third-order valence-electron chi connectivity index (χ3n) is 3.85. The van der Waals surface area contributed by atoms with Crippen LogP contribution in [0.2, 0.25) is 0 Å². The summed E-state index contributed by atoms with van der Waals surface area (Å²) in [5, 5.41) is 2.90. The Labute approximate surface area is 149 Å². The van der Waals surface area contributed by atoms with Crippen molar-refractivity contribution in [3.8, 4) is 0 Å². The van der Waals surface area contributed by atoms with Gasteiger partial charge in [-0.15, -0.1) is 0 Å². The minimum absolute atomic E-state index is 0.0602. The Balaban J connectivity index is 1.96. The monoisotopic (exact) mass is 360 g/mol. The highest BCUT2D eigenvalue weighted by molar-refractivity contribution is 7.89. The second-order valence-electron chi connectivity index (χ2n) is 6.36. The van der Waals surface area contributed by atoms with Crippen molar-refractivity contribution >= 4 is 21.6 Å². The van der Waals surface area contributed by atoms with E-state index in [1.54, 1.807) is 24.3 Å². The van der Waals surface area contributed by atoms with Crippen molar-refractivity contribution in [2.24, 2.45) is 0 Å². The summed E-state index contributed by atoms with van der Waals surface area (Å²) in [4.78, 5) is 12.4. The van der Waals surface area contributed by atoms with Crippen LogP contribution in [0.5, 0.6) is 0 Å². The molecule has 2 aromatic rings. The first-order valence-corrected chi connectivity index (χ1v) is 9.52. The van der Waals surface area contributed by atoms with Crippen LogP contribution in [-0.2, 0) is 21.2 Å². The van der Waals surface area contributed by atoms with Crippen LogP contribution in [-0.4, -0.2) is 32.7 Å². The van der Waals surface area contributed by atoms with Crippen LogP contribution in [0.1, 0.15) is 23.1 Å². The van der Waals surface area contributed by atoms with Gasteiger partial charge in [0.1, 0.15) is 0 Å². The number of sulfonamides is 1. The lowest BCUT2D eigenvalue weighted by atomic mass is 10.1. The number of amides is 1. The average Bonchev–Trinajstić information content (AvgIpc) is 2.52. The fraction of sp³-hybridized carbons (Fsp3) is 0.316. The van der Waals surface area contributed by atoms with Gasteiger partial charge < -0.3 is 5.32 Å². The zero-order valence-corrected chi connectivity index (χ0v) is 15.9. The van der Waals surface area contributed by atoms with Gasteiger partial charge >= 0.3 is 0 Å². The lowest BCUT2D eigenvalue weighted by Crippen LogP contribution is -2.22. The Hall–Kier alpha value is -2.18. The Kier molecular flexibility index (Phi) is 5.98. The van der Waals surface area contributed by atoms with E-state index >= 15 is 0 Å². The summed E-state index contributed by atoms with van der Waals surface area (Å²) >= 11 is 0. The van der Waals surface area contributed by atoms with Crippen LogP contribution >= 0.6 is 0 Å². The highest BCUT2D eigenvalue weighted by Crippen LogP contribution is 2.16. The van der Waals surface area contributed by atoms with Crippen molar-refractivity contribution in [3.63, 3.8) is 0 Å². The molecule has 5 nitrogen and oxygen atoms in total. The van der Waals surface area contributed by atoms with E-state index in [9.17, 15) is 13.2 Å². The number of hydrogen-bond donors (Lipinski definition) is 1. The van der Waals surface area contributed by atoms with Crippen molar-refractivity contribution in [3.05, 3.63) is 59.2 Å². The Morgan fingerprint density at radius 3 is 2.08 bits per heavy atom. The highest BCUT2D eigenvalue weighted by Gasteiger charge is 2.16. The molecular formula is C19H24N2O3S. The third-order valence-corrected chi connectivity index (χ3v) is 5.68. The molecule has 2 aromatic carbocycles. The largest absolute Gasteiger partial charge is 0.326 e. The second-order valence-corrected chi connectivity index (χ2v) is 8.51. The molecule has 1 N–H and O–H groups in total. The lowest BCUT2D eigenvalue weighted by Gasteiger charge is -2.11. The Morgan fingerprint density at radius 1 is 1.00 bits per heavy atom. The van der Waals surface area contributed by atoms with E-state index in [2.05, 4.69) is 11.4 Å². The first-order chi connectivity index (χ1) is 11.7. The molecule has 2 rings (SSSR count). The smallest absolute Gasteiger partial charge is 0.242 e. The molecule has 1 amide bonds. The van der Waals surface area contributed by atoms with Gasteiger partial charge in [0.2, 0.25) is 15.9 Å². The summed E-state index contributed by atoms with van der Waals surface area (Å²) in [6, 6.07) is 12.6. The van der Waals surface area contributed by atoms with Gasteiger partial charge in [0, 0.05) is 26.2 Å². The van der Waals surface area contributed by atoms with Crippen molar-refractivity contribution in [1.29, 1.82) is 0 Å². The second kappa shape index (κ2) is 7.80. The maximum absolute atomic E-state index is 12.1. The van der Waals surface area contributed by atoms with Gasteiger partial charge in [0.15, 0.2) is 0 Å². The SMILES string of the molecule is Cc1cc(C)cc(NC(=O)CCc2ccc(S(=O)(=O)N(C)C)cc2)c1. The quantitative estimate of drug-likeness (QED) is 0.861. The molecule has 0 saturated heterocycles. The molecule has 0 spiro atoms. The zero-order valence-electron chi connectivity index (χ0n) is 15.0. The molecule has 0 aliphatic rings. The summed E-state index contributed by atoms with van der Waals surface area (Å²) in [6.45, 7) is 3.98. The standard InChI is InChI=1S/C19H24N2O3S/c1-14-11-15(2)13-17(12-14)20-19(22)10-7-16-5-8-18(9-6-16)25(23,24)21(3)4/h5-6,8-9,11-13H,7,10H2,1-4H3,(H,20,22). The number of carbonyl (C=O) groups excluding carboxylic acids is 1. The molecule has 0 heterocycles. The molecule has 0 radical (unpaired) electrons. The number of nitrogens with zero attached hydrogens (tertiary/aromatic N) is 1. The number of benzene rings is 2. The first-order valence-electron chi connectivity index (χ1n) is 8.08. The third kappa shape index (κ3) is 5.14. The van der Waals surface area contributed by atoms with Crippen molar-refractivity contribution in [1.82, 2.24) is 4.31 Å². The molecule has 6 heteroatoms. The molecule has 134 valence electrons. The van der Waals surface area contributed by atoms with Gasteiger partial charge in [-0.1, -0.05) is 18.2 Å². The Morgan fingerprint density at radius 2 is 1.56 bits per heavy atom. The number of carbonyl (C=O) groups is 1. The fourth-order valence-electron chi connectivity index (χ4n) is 2.57. The molecule has 0 aliphatic heterocycles. The predicted molar refractivity (Wildman–Crippen MR) is 100 cm³/mol. The minimum Gasteiger partial charge on any atom is -0.326 e. The maximum Gasteiger partial charge on any atom is 0.242 e. The van der Waals surface area contributed by atoms with E-state index in [1.165, 1.54) is 18.4 Å². The van der Waals surface area contributed by atoms with E-state index in [0.29, 0.717) is 12.8 Å². The number of rotatable bonds is 6. The molecular weight excluding hydrogens is 336 g/mol. The summed E-state index contributed by atoms with van der Waals surface area (Å²) < 4.78 is 25.2. The highest BCUT2D eigenvalue weighted by atomic mass is 32.2. The first kappa shape index (κ1) is 19.1. The van der Waals surface area contributed by atoms with Gasteiger partial charge in [0.25, 0.3) is 0 Å². The molecule has 0 unspecified atom stereocenters. The van der Waals surface area contributed by atoms with Gasteiger partial charge in [-0.05, 0) is 61.2 Å². The van der Waals surface area contributed by atoms with Gasteiger partial charge in [-0.3, -0.25) is 4.79 Å². The van der Waals surface area contributed by atoms with E-state index in [1.807, 2.05) is 26.0 Å². The molecule has 0 atom stereocenters. The van der Waals surface area contributed by atoms with E-state index in [0.717, 1.165) is 22.4 Å². The van der Waals surface area contributed by atoms with E-state index < -0.39 is 10.0 Å². The van der Waals surface area contributed by atoms with Crippen molar-refractivity contribution in [2.45, 2.75) is 31.6 Å². The predicted octanol–water partition coefficient (Wildman–Crippen LogP) is 3.13. The van der Waals surface area contributed by atoms with Crippen molar-refractivity contribution in [2.75, 3.05) is 19.4 Å².